The van der Waals surface area contributed by atoms with Crippen molar-refractivity contribution in [2.24, 2.45) is 5.92 Å². The van der Waals surface area contributed by atoms with Gasteiger partial charge in [0.15, 0.2) is 0 Å². The molecule has 1 unspecified atom stereocenters. The Kier molecular flexibility index (Phi) is 2.79. The predicted octanol–water partition coefficient (Wildman–Crippen LogP) is 2.18. The van der Waals surface area contributed by atoms with Crippen molar-refractivity contribution in [2.75, 3.05) is 13.1 Å². The summed E-state index contributed by atoms with van der Waals surface area (Å²) < 4.78 is 60.8. The van der Waals surface area contributed by atoms with Crippen molar-refractivity contribution in [1.29, 1.82) is 0 Å². The normalized spacial score (nSPS) is 26.1. The third-order valence-electron chi connectivity index (χ3n) is 2.19. The van der Waals surface area contributed by atoms with Crippen molar-refractivity contribution < 1.29 is 22.0 Å². The van der Waals surface area contributed by atoms with Crippen LogP contribution in [0, 0.1) is 5.92 Å². The summed E-state index contributed by atoms with van der Waals surface area (Å²) in [5.74, 6) is -6.17. The van der Waals surface area contributed by atoms with Crippen molar-refractivity contribution in [3.63, 3.8) is 0 Å². The largest absolute Gasteiger partial charge is 0.453 e. The molecule has 0 aromatic rings. The molecule has 1 rings (SSSR count). The predicted molar refractivity (Wildman–Crippen MR) is 36.6 cm³/mol. The van der Waals surface area contributed by atoms with Crippen molar-refractivity contribution in [1.82, 2.24) is 5.32 Å². The van der Waals surface area contributed by atoms with Crippen LogP contribution in [0.4, 0.5) is 22.0 Å². The van der Waals surface area contributed by atoms with Gasteiger partial charge in [0.1, 0.15) is 0 Å². The molecular formula is C7H10F5N. The minimum absolute atomic E-state index is 0.0699. The van der Waals surface area contributed by atoms with E-state index in [1.165, 1.54) is 0 Å². The Hall–Kier alpha value is -0.390. The smallest absolute Gasteiger partial charge is 0.316 e. The zero-order valence-electron chi connectivity index (χ0n) is 6.80. The minimum Gasteiger partial charge on any atom is -0.316 e. The van der Waals surface area contributed by atoms with E-state index in [9.17, 15) is 22.0 Å². The molecule has 1 nitrogen and oxygen atoms in total. The standard InChI is InChI=1S/C7H10F5N/c8-6(9,7(10,11)12)5-2-1-3-13-4-5/h5,13H,1-4H2. The number of halogens is 5. The molecule has 6 heteroatoms. The molecule has 0 aromatic heterocycles. The van der Waals surface area contributed by atoms with Crippen LogP contribution in [0.25, 0.3) is 0 Å². The molecule has 0 radical (unpaired) electrons. The second-order valence-corrected chi connectivity index (χ2v) is 3.16. The number of rotatable bonds is 1. The number of nitrogens with one attached hydrogen (secondary N) is 1. The van der Waals surface area contributed by atoms with Gasteiger partial charge in [0.25, 0.3) is 0 Å². The van der Waals surface area contributed by atoms with Crippen LogP contribution in [0.15, 0.2) is 0 Å². The van der Waals surface area contributed by atoms with Crippen LogP contribution in [0.5, 0.6) is 0 Å². The van der Waals surface area contributed by atoms with Crippen LogP contribution >= 0.6 is 0 Å². The molecule has 13 heavy (non-hydrogen) atoms. The van der Waals surface area contributed by atoms with Crippen molar-refractivity contribution in [2.45, 2.75) is 24.9 Å². The van der Waals surface area contributed by atoms with Gasteiger partial charge >= 0.3 is 12.1 Å². The van der Waals surface area contributed by atoms with Gasteiger partial charge in [-0.25, -0.2) is 0 Å². The second kappa shape index (κ2) is 3.40. The van der Waals surface area contributed by atoms with Crippen LogP contribution in [0.1, 0.15) is 12.8 Å². The molecule has 0 spiro atoms. The highest BCUT2D eigenvalue weighted by atomic mass is 19.4. The lowest BCUT2D eigenvalue weighted by Crippen LogP contribution is -2.49. The first kappa shape index (κ1) is 10.7. The fraction of sp³-hybridized carbons (Fsp3) is 1.00. The van der Waals surface area contributed by atoms with E-state index in [2.05, 4.69) is 5.32 Å². The van der Waals surface area contributed by atoms with Gasteiger partial charge in [-0.05, 0) is 19.4 Å². The molecule has 1 heterocycles. The average Bonchev–Trinajstić information content (AvgIpc) is 2.04. The van der Waals surface area contributed by atoms with Gasteiger partial charge in [0.2, 0.25) is 0 Å². The first-order valence-electron chi connectivity index (χ1n) is 4.01. The molecule has 0 bridgehead atoms. The molecule has 1 aliphatic rings. The Morgan fingerprint density at radius 3 is 2.08 bits per heavy atom. The summed E-state index contributed by atoms with van der Waals surface area (Å²) in [7, 11) is 0. The van der Waals surface area contributed by atoms with E-state index < -0.39 is 18.0 Å². The molecule has 0 aromatic carbocycles. The van der Waals surface area contributed by atoms with Gasteiger partial charge in [0, 0.05) is 12.5 Å². The summed E-state index contributed by atoms with van der Waals surface area (Å²) in [5.41, 5.74) is 0. The Labute approximate surface area is 72.3 Å². The molecule has 0 amide bonds. The zero-order chi connectivity index (χ0) is 10.1. The summed E-state index contributed by atoms with van der Waals surface area (Å²) in [6.45, 7) is 0.261. The van der Waals surface area contributed by atoms with Gasteiger partial charge in [-0.3, -0.25) is 0 Å². The highest BCUT2D eigenvalue weighted by Crippen LogP contribution is 2.43. The number of hydrogen-bond donors (Lipinski definition) is 1. The molecule has 1 fully saturated rings. The minimum atomic E-state index is -5.42. The maximum atomic E-state index is 12.7. The Morgan fingerprint density at radius 2 is 1.69 bits per heavy atom. The van der Waals surface area contributed by atoms with Gasteiger partial charge < -0.3 is 5.32 Å². The van der Waals surface area contributed by atoms with E-state index in [0.717, 1.165) is 0 Å². The van der Waals surface area contributed by atoms with Crippen LogP contribution in [-0.2, 0) is 0 Å². The Bertz CT molecular complexity index is 170. The summed E-state index contributed by atoms with van der Waals surface area (Å²) in [6, 6.07) is 0. The summed E-state index contributed by atoms with van der Waals surface area (Å²) in [6.07, 6.45) is -5.12. The SMILES string of the molecule is FC(F)(F)C(F)(F)C1CCCNC1. The first-order valence-corrected chi connectivity index (χ1v) is 4.01. The van der Waals surface area contributed by atoms with Crippen molar-refractivity contribution >= 4 is 0 Å². The zero-order valence-corrected chi connectivity index (χ0v) is 6.80. The van der Waals surface area contributed by atoms with E-state index in [1.54, 1.807) is 0 Å². The average molecular weight is 203 g/mol. The highest BCUT2D eigenvalue weighted by Gasteiger charge is 2.61. The Balaban J connectivity index is 2.67. The number of alkyl halides is 5. The first-order chi connectivity index (χ1) is 5.86. The van der Waals surface area contributed by atoms with E-state index in [-0.39, 0.29) is 13.0 Å². The number of piperidine rings is 1. The molecule has 1 atom stereocenters. The summed E-state index contributed by atoms with van der Waals surface area (Å²) in [4.78, 5) is 0. The molecule has 1 saturated heterocycles. The summed E-state index contributed by atoms with van der Waals surface area (Å²) in [5, 5.41) is 2.53. The van der Waals surface area contributed by atoms with Crippen molar-refractivity contribution in [3.8, 4) is 0 Å². The van der Waals surface area contributed by atoms with E-state index in [0.29, 0.717) is 13.0 Å². The van der Waals surface area contributed by atoms with Crippen LogP contribution < -0.4 is 5.32 Å². The molecule has 1 aliphatic heterocycles. The van der Waals surface area contributed by atoms with E-state index in [1.807, 2.05) is 0 Å². The molecular weight excluding hydrogens is 193 g/mol. The third kappa shape index (κ3) is 2.10. The highest BCUT2D eigenvalue weighted by molar-refractivity contribution is 4.87. The van der Waals surface area contributed by atoms with Crippen molar-refractivity contribution in [3.05, 3.63) is 0 Å². The number of hydrogen-bond acceptors (Lipinski definition) is 1. The lowest BCUT2D eigenvalue weighted by molar-refractivity contribution is -0.303. The van der Waals surface area contributed by atoms with Crippen LogP contribution in [-0.4, -0.2) is 25.2 Å². The van der Waals surface area contributed by atoms with E-state index >= 15 is 0 Å². The second-order valence-electron chi connectivity index (χ2n) is 3.16. The third-order valence-corrected chi connectivity index (χ3v) is 2.19. The van der Waals surface area contributed by atoms with Gasteiger partial charge in [-0.1, -0.05) is 0 Å². The summed E-state index contributed by atoms with van der Waals surface area (Å²) >= 11 is 0. The topological polar surface area (TPSA) is 12.0 Å². The quantitative estimate of drug-likeness (QED) is 0.644. The molecule has 0 aliphatic carbocycles. The molecule has 0 saturated carbocycles. The maximum absolute atomic E-state index is 12.7. The fourth-order valence-corrected chi connectivity index (χ4v) is 1.39. The maximum Gasteiger partial charge on any atom is 0.453 e. The molecule has 1 N–H and O–H groups in total. The lowest BCUT2D eigenvalue weighted by atomic mass is 9.92. The van der Waals surface area contributed by atoms with Gasteiger partial charge in [-0.15, -0.1) is 0 Å². The van der Waals surface area contributed by atoms with Crippen LogP contribution in [0.2, 0.25) is 0 Å². The monoisotopic (exact) mass is 203 g/mol. The molecule has 78 valence electrons. The van der Waals surface area contributed by atoms with Crippen LogP contribution in [0.3, 0.4) is 0 Å². The van der Waals surface area contributed by atoms with Gasteiger partial charge in [-0.2, -0.15) is 22.0 Å². The Morgan fingerprint density at radius 1 is 1.08 bits per heavy atom. The lowest BCUT2D eigenvalue weighted by Gasteiger charge is -2.31. The van der Waals surface area contributed by atoms with E-state index in [4.69, 9.17) is 0 Å². The van der Waals surface area contributed by atoms with Gasteiger partial charge in [0.05, 0.1) is 0 Å². The fourth-order valence-electron chi connectivity index (χ4n) is 1.39.